The molecule has 0 aliphatic carbocycles. The molecule has 0 aromatic carbocycles. The average Bonchev–Trinajstić information content (AvgIpc) is 3.38. The molecule has 0 bridgehead atoms. The van der Waals surface area contributed by atoms with Crippen LogP contribution in [0, 0.1) is 0 Å². The molecule has 1 saturated heterocycles. The molecule has 8 atom stereocenters. The summed E-state index contributed by atoms with van der Waals surface area (Å²) in [6.07, 6.45) is 52.0. The number of carbonyl (C=O) groups excluding carboxylic acids is 2. The SMILES string of the molecule is CC/C=C/C/C=C/CCCCCCCCCC(=O)OC1C(OCC(NC(=O)C(O)CCCC/C=C\C/C=C\C/C=C\C/C=C\CCCCC)C(O)/C=C/CCCCCCCCCCC)OC(CO)C(O)C1O. The number of unbranched alkanes of at least 4 members (excludes halogenated alkanes) is 21. The highest BCUT2D eigenvalue weighted by atomic mass is 16.7. The predicted octanol–water partition coefficient (Wildman–Crippen LogP) is 13.0. The van der Waals surface area contributed by atoms with Gasteiger partial charge < -0.3 is 45.1 Å². The molecule has 0 radical (unpaired) electrons. The van der Waals surface area contributed by atoms with Crippen LogP contribution in [0.25, 0.3) is 0 Å². The summed E-state index contributed by atoms with van der Waals surface area (Å²) in [7, 11) is 0. The van der Waals surface area contributed by atoms with Crippen LogP contribution < -0.4 is 5.32 Å². The summed E-state index contributed by atoms with van der Waals surface area (Å²) >= 11 is 0. The summed E-state index contributed by atoms with van der Waals surface area (Å²) in [4.78, 5) is 26.4. The van der Waals surface area contributed by atoms with Crippen molar-refractivity contribution in [3.05, 3.63) is 85.1 Å². The largest absolute Gasteiger partial charge is 0.454 e. The topological polar surface area (TPSA) is 175 Å². The number of rotatable bonds is 47. The Balaban J connectivity index is 2.75. The molecule has 11 heteroatoms. The van der Waals surface area contributed by atoms with Gasteiger partial charge in [-0.3, -0.25) is 9.59 Å². The van der Waals surface area contributed by atoms with E-state index >= 15 is 0 Å². The summed E-state index contributed by atoms with van der Waals surface area (Å²) in [6.45, 7) is 5.60. The predicted molar refractivity (Wildman–Crippen MR) is 296 cm³/mol. The monoisotopic (exact) mass is 1010 g/mol. The van der Waals surface area contributed by atoms with Crippen molar-refractivity contribution in [3.8, 4) is 0 Å². The molecule has 0 aromatic heterocycles. The lowest BCUT2D eigenvalue weighted by Crippen LogP contribution is -2.61. The fraction of sp³-hybridized carbons (Fsp3) is 0.738. The molecule has 1 rings (SSSR count). The zero-order valence-electron chi connectivity index (χ0n) is 45.5. The number of aliphatic hydroxyl groups is 5. The lowest BCUT2D eigenvalue weighted by Gasteiger charge is -2.41. The molecular weight excluding hydrogens is 907 g/mol. The highest BCUT2D eigenvalue weighted by Gasteiger charge is 2.47. The molecule has 414 valence electrons. The zero-order valence-corrected chi connectivity index (χ0v) is 45.5. The minimum Gasteiger partial charge on any atom is -0.454 e. The van der Waals surface area contributed by atoms with Gasteiger partial charge in [0.1, 0.15) is 24.4 Å². The summed E-state index contributed by atoms with van der Waals surface area (Å²) in [5, 5.41) is 56.7. The van der Waals surface area contributed by atoms with Crippen molar-refractivity contribution >= 4 is 11.9 Å². The Hall–Kier alpha value is -3.16. The molecule has 1 amide bonds. The van der Waals surface area contributed by atoms with E-state index in [1.54, 1.807) is 6.08 Å². The van der Waals surface area contributed by atoms with E-state index in [1.807, 2.05) is 6.08 Å². The first-order valence-corrected chi connectivity index (χ1v) is 28.9. The number of ether oxygens (including phenoxy) is 3. The van der Waals surface area contributed by atoms with Crippen LogP contribution in [0.2, 0.25) is 0 Å². The lowest BCUT2D eigenvalue weighted by atomic mass is 9.99. The minimum absolute atomic E-state index is 0.106. The van der Waals surface area contributed by atoms with Crippen molar-refractivity contribution < 1.29 is 49.3 Å². The summed E-state index contributed by atoms with van der Waals surface area (Å²) in [6, 6.07) is -1.05. The van der Waals surface area contributed by atoms with Gasteiger partial charge in [-0.05, 0) is 96.3 Å². The molecule has 11 nitrogen and oxygen atoms in total. The molecule has 1 aliphatic rings. The maximum absolute atomic E-state index is 13.4. The van der Waals surface area contributed by atoms with Crippen LogP contribution in [0.4, 0.5) is 0 Å². The Labute approximate surface area is 438 Å². The second-order valence-electron chi connectivity index (χ2n) is 19.6. The maximum atomic E-state index is 13.4. The van der Waals surface area contributed by atoms with E-state index in [2.05, 4.69) is 99.0 Å². The highest BCUT2D eigenvalue weighted by molar-refractivity contribution is 5.80. The van der Waals surface area contributed by atoms with Gasteiger partial charge in [0.25, 0.3) is 0 Å². The third-order valence-electron chi connectivity index (χ3n) is 13.0. The van der Waals surface area contributed by atoms with Crippen LogP contribution in [-0.2, 0) is 23.8 Å². The molecule has 1 fully saturated rings. The van der Waals surface area contributed by atoms with Crippen molar-refractivity contribution in [1.29, 1.82) is 0 Å². The van der Waals surface area contributed by atoms with Crippen molar-refractivity contribution in [1.82, 2.24) is 5.32 Å². The van der Waals surface area contributed by atoms with Gasteiger partial charge in [-0.15, -0.1) is 0 Å². The van der Waals surface area contributed by atoms with Gasteiger partial charge in [-0.1, -0.05) is 209 Å². The molecule has 0 saturated carbocycles. The van der Waals surface area contributed by atoms with Gasteiger partial charge in [0.15, 0.2) is 12.4 Å². The molecule has 0 aromatic rings. The van der Waals surface area contributed by atoms with Crippen molar-refractivity contribution in [2.75, 3.05) is 13.2 Å². The maximum Gasteiger partial charge on any atom is 0.306 e. The summed E-state index contributed by atoms with van der Waals surface area (Å²) in [5.41, 5.74) is 0. The fourth-order valence-corrected chi connectivity index (χ4v) is 8.44. The van der Waals surface area contributed by atoms with E-state index in [0.717, 1.165) is 116 Å². The zero-order chi connectivity index (χ0) is 52.5. The van der Waals surface area contributed by atoms with E-state index in [1.165, 1.54) is 64.2 Å². The van der Waals surface area contributed by atoms with Gasteiger partial charge in [0.2, 0.25) is 5.91 Å². The molecule has 1 heterocycles. The third kappa shape index (κ3) is 36.7. The number of esters is 1. The van der Waals surface area contributed by atoms with Gasteiger partial charge >= 0.3 is 5.97 Å². The van der Waals surface area contributed by atoms with Crippen LogP contribution in [0.15, 0.2) is 85.1 Å². The first-order chi connectivity index (χ1) is 35.2. The Kier molecular flexibility index (Phi) is 45.3. The smallest absolute Gasteiger partial charge is 0.306 e. The van der Waals surface area contributed by atoms with E-state index in [-0.39, 0.29) is 19.4 Å². The van der Waals surface area contributed by atoms with E-state index < -0.39 is 67.4 Å². The Morgan fingerprint density at radius 2 is 1.00 bits per heavy atom. The molecule has 8 unspecified atom stereocenters. The first kappa shape index (κ1) is 66.9. The Morgan fingerprint density at radius 3 is 1.53 bits per heavy atom. The van der Waals surface area contributed by atoms with Gasteiger partial charge in [-0.25, -0.2) is 0 Å². The van der Waals surface area contributed by atoms with E-state index in [4.69, 9.17) is 14.2 Å². The van der Waals surface area contributed by atoms with E-state index in [9.17, 15) is 35.1 Å². The van der Waals surface area contributed by atoms with Gasteiger partial charge in [-0.2, -0.15) is 0 Å². The quantitative estimate of drug-likeness (QED) is 0.0196. The molecule has 1 aliphatic heterocycles. The average molecular weight is 1010 g/mol. The highest BCUT2D eigenvalue weighted by Crippen LogP contribution is 2.26. The number of allylic oxidation sites excluding steroid dienone is 13. The standard InChI is InChI=1S/C61H105NO10/c1-4-7-10-13-16-19-22-24-26-27-28-29-30-33-36-39-42-45-48-54(65)60(69)62-52(53(64)47-44-41-38-35-32-21-18-15-12-9-6-3)51-70-61-59(58(68)57(67)55(50-63)71-61)72-56(66)49-46-43-40-37-34-31-25-23-20-17-14-11-8-5-2/h8,11,16-17,19-20,24,26,28-29,33,36,44,47,52-55,57-59,61,63-65,67-68H,4-7,9-10,12-15,18,21-23,25,27,30-32,34-35,37-43,45-46,48-51H2,1-3H3,(H,62,69)/b11-8+,19-16-,20-17+,26-24-,29-28-,36-33-,47-44+. The second kappa shape index (κ2) is 48.8. The van der Waals surface area contributed by atoms with Gasteiger partial charge in [0, 0.05) is 6.42 Å². The first-order valence-electron chi connectivity index (χ1n) is 28.9. The van der Waals surface area contributed by atoms with Crippen LogP contribution in [0.5, 0.6) is 0 Å². The van der Waals surface area contributed by atoms with E-state index in [0.29, 0.717) is 12.8 Å². The molecular formula is C61H105NO10. The normalized spacial score (nSPS) is 20.1. The summed E-state index contributed by atoms with van der Waals surface area (Å²) < 4.78 is 17.5. The third-order valence-corrected chi connectivity index (χ3v) is 13.0. The molecule has 72 heavy (non-hydrogen) atoms. The van der Waals surface area contributed by atoms with Crippen molar-refractivity contribution in [2.24, 2.45) is 0 Å². The molecule has 0 spiro atoms. The second-order valence-corrected chi connectivity index (χ2v) is 19.6. The minimum atomic E-state index is -1.63. The van der Waals surface area contributed by atoms with Crippen LogP contribution in [0.3, 0.4) is 0 Å². The van der Waals surface area contributed by atoms with Crippen molar-refractivity contribution in [2.45, 2.75) is 275 Å². The fourth-order valence-electron chi connectivity index (χ4n) is 8.44. The van der Waals surface area contributed by atoms with Gasteiger partial charge in [0.05, 0.1) is 25.4 Å². The van der Waals surface area contributed by atoms with Crippen LogP contribution in [-0.4, -0.2) is 99.6 Å². The molecule has 6 N–H and O–H groups in total. The number of carbonyl (C=O) groups is 2. The number of aliphatic hydroxyl groups excluding tert-OH is 5. The number of hydrogen-bond acceptors (Lipinski definition) is 10. The van der Waals surface area contributed by atoms with Crippen LogP contribution >= 0.6 is 0 Å². The van der Waals surface area contributed by atoms with Crippen LogP contribution in [0.1, 0.15) is 226 Å². The number of nitrogens with one attached hydrogen (secondary N) is 1. The lowest BCUT2D eigenvalue weighted by molar-refractivity contribution is -0.305. The Bertz CT molecular complexity index is 1490. The van der Waals surface area contributed by atoms with Crippen molar-refractivity contribution in [3.63, 3.8) is 0 Å². The summed E-state index contributed by atoms with van der Waals surface area (Å²) in [5.74, 6) is -1.24. The number of amides is 1. The Morgan fingerprint density at radius 1 is 0.556 bits per heavy atom. The number of hydrogen-bond donors (Lipinski definition) is 6.